The predicted molar refractivity (Wildman–Crippen MR) is 60.4 cm³/mol. The molecule has 0 spiro atoms. The fourth-order valence-corrected chi connectivity index (χ4v) is 1.79. The van der Waals surface area contributed by atoms with Gasteiger partial charge in [0.15, 0.2) is 0 Å². The zero-order valence-corrected chi connectivity index (χ0v) is 11.0. The van der Waals surface area contributed by atoms with E-state index in [1.165, 1.54) is 6.92 Å². The van der Waals surface area contributed by atoms with Gasteiger partial charge in [-0.1, -0.05) is 5.92 Å². The van der Waals surface area contributed by atoms with Gasteiger partial charge in [-0.25, -0.2) is 0 Å². The van der Waals surface area contributed by atoms with E-state index >= 15 is 0 Å². The highest BCUT2D eigenvalue weighted by molar-refractivity contribution is 7.86. The van der Waals surface area contributed by atoms with Gasteiger partial charge in [0.05, 0.1) is 19.5 Å². The Morgan fingerprint density at radius 3 is 2.24 bits per heavy atom. The Morgan fingerprint density at radius 2 is 1.82 bits per heavy atom. The smallest absolute Gasteiger partial charge is 0.268 e. The molecule has 0 radical (unpaired) electrons. The Kier molecular flexibility index (Phi) is 6.66. The summed E-state index contributed by atoms with van der Waals surface area (Å²) >= 11 is 0. The zero-order chi connectivity index (χ0) is 13.5. The minimum Gasteiger partial charge on any atom is -0.362 e. The van der Waals surface area contributed by atoms with Crippen molar-refractivity contribution in [2.45, 2.75) is 13.0 Å². The molecule has 0 saturated heterocycles. The summed E-state index contributed by atoms with van der Waals surface area (Å²) in [5.41, 5.74) is 0. The van der Waals surface area contributed by atoms with Gasteiger partial charge in [0, 0.05) is 0 Å². The number of ether oxygens (including phenoxy) is 1. The number of hydrogen-bond acceptors (Lipinski definition) is 6. The predicted octanol–water partition coefficient (Wildman–Crippen LogP) is -0.741. The van der Waals surface area contributed by atoms with Gasteiger partial charge in [-0.15, -0.1) is 5.92 Å². The molecule has 0 saturated carbocycles. The summed E-state index contributed by atoms with van der Waals surface area (Å²) in [7, 11) is -7.75. The first-order valence-electron chi connectivity index (χ1n) is 4.47. The van der Waals surface area contributed by atoms with Crippen LogP contribution in [-0.4, -0.2) is 52.7 Å². The molecule has 0 aromatic carbocycles. The minimum atomic E-state index is -4.20. The van der Waals surface area contributed by atoms with E-state index in [1.807, 2.05) is 0 Å². The summed E-state index contributed by atoms with van der Waals surface area (Å²) in [5, 5.41) is 0. The van der Waals surface area contributed by atoms with Gasteiger partial charge in [-0.2, -0.15) is 16.8 Å². The summed E-state index contributed by atoms with van der Waals surface area (Å²) in [6.07, 6.45) is -0.132. The van der Waals surface area contributed by atoms with Crippen molar-refractivity contribution in [3.8, 4) is 11.8 Å². The monoisotopic (exact) mass is 286 g/mol. The van der Waals surface area contributed by atoms with Crippen molar-refractivity contribution in [1.29, 1.82) is 0 Å². The fourth-order valence-electron chi connectivity index (χ4n) is 0.859. The topological polar surface area (TPSA) is 107 Å². The number of hydrogen-bond donors (Lipinski definition) is 1. The van der Waals surface area contributed by atoms with Gasteiger partial charge >= 0.3 is 0 Å². The molecule has 17 heavy (non-hydrogen) atoms. The molecule has 0 heterocycles. The summed E-state index contributed by atoms with van der Waals surface area (Å²) < 4.78 is 60.3. The molecule has 0 aromatic heterocycles. The molecule has 0 rings (SSSR count). The lowest BCUT2D eigenvalue weighted by Crippen LogP contribution is -2.24. The van der Waals surface area contributed by atoms with E-state index in [0.717, 1.165) is 6.26 Å². The Labute approximate surface area is 101 Å². The van der Waals surface area contributed by atoms with E-state index in [4.69, 9.17) is 9.29 Å². The van der Waals surface area contributed by atoms with Gasteiger partial charge in [0.2, 0.25) is 0 Å². The Bertz CT molecular complexity index is 480. The van der Waals surface area contributed by atoms with Crippen molar-refractivity contribution >= 4 is 20.2 Å². The molecule has 0 fully saturated rings. The molecule has 0 aromatic rings. The van der Waals surface area contributed by atoms with Crippen LogP contribution in [0.25, 0.3) is 0 Å². The van der Waals surface area contributed by atoms with Crippen LogP contribution in [0.2, 0.25) is 0 Å². The van der Waals surface area contributed by atoms with E-state index in [1.54, 1.807) is 0 Å². The zero-order valence-electron chi connectivity index (χ0n) is 9.41. The first-order chi connectivity index (χ1) is 7.64. The van der Waals surface area contributed by atoms with Crippen molar-refractivity contribution in [3.05, 3.63) is 0 Å². The van der Waals surface area contributed by atoms with Crippen LogP contribution in [0.5, 0.6) is 0 Å². The molecule has 9 heteroatoms. The summed E-state index contributed by atoms with van der Waals surface area (Å²) in [6, 6.07) is 0. The normalized spacial score (nSPS) is 13.8. The lowest BCUT2D eigenvalue weighted by atomic mass is 10.4. The van der Waals surface area contributed by atoms with E-state index in [9.17, 15) is 16.8 Å². The SMILES string of the molecule is CC#CC(CS(=O)(=O)O)OCCOS(C)(=O)=O. The molecule has 1 N–H and O–H groups in total. The number of rotatable bonds is 7. The molecular weight excluding hydrogens is 272 g/mol. The molecule has 0 bridgehead atoms. The second-order valence-corrected chi connectivity index (χ2v) is 6.17. The van der Waals surface area contributed by atoms with Crippen LogP contribution in [-0.2, 0) is 29.2 Å². The molecule has 0 aliphatic carbocycles. The second-order valence-electron chi connectivity index (χ2n) is 3.03. The highest BCUT2D eigenvalue weighted by atomic mass is 32.2. The molecule has 1 atom stereocenters. The maximum absolute atomic E-state index is 10.6. The fraction of sp³-hybridized carbons (Fsp3) is 0.750. The van der Waals surface area contributed by atoms with Crippen LogP contribution in [0, 0.1) is 11.8 Å². The standard InChI is InChI=1S/C8H14O7S2/c1-3-4-8(7-17(11,12)13)14-5-6-15-16(2,9)10/h8H,5-7H2,1-2H3,(H,11,12,13). The summed E-state index contributed by atoms with van der Waals surface area (Å²) in [5.74, 6) is 4.18. The first kappa shape index (κ1) is 16.3. The second kappa shape index (κ2) is 6.93. The van der Waals surface area contributed by atoms with Gasteiger partial charge < -0.3 is 4.74 Å². The van der Waals surface area contributed by atoms with Gasteiger partial charge in [0.1, 0.15) is 11.9 Å². The van der Waals surface area contributed by atoms with Crippen molar-refractivity contribution in [2.24, 2.45) is 0 Å². The third-order valence-corrected chi connectivity index (χ3v) is 2.69. The van der Waals surface area contributed by atoms with Crippen LogP contribution in [0.3, 0.4) is 0 Å². The lowest BCUT2D eigenvalue weighted by molar-refractivity contribution is 0.0780. The van der Waals surface area contributed by atoms with Gasteiger partial charge in [-0.05, 0) is 6.92 Å². The summed E-state index contributed by atoms with van der Waals surface area (Å²) in [4.78, 5) is 0. The first-order valence-corrected chi connectivity index (χ1v) is 7.90. The quantitative estimate of drug-likeness (QED) is 0.284. The van der Waals surface area contributed by atoms with Crippen molar-refractivity contribution in [3.63, 3.8) is 0 Å². The molecule has 0 aliphatic rings. The van der Waals surface area contributed by atoms with Crippen molar-refractivity contribution < 1.29 is 30.3 Å². The van der Waals surface area contributed by atoms with E-state index in [-0.39, 0.29) is 13.2 Å². The molecule has 0 amide bonds. The Morgan fingerprint density at radius 1 is 1.24 bits per heavy atom. The van der Waals surface area contributed by atoms with E-state index < -0.39 is 32.1 Å². The Balaban J connectivity index is 4.15. The van der Waals surface area contributed by atoms with Crippen LogP contribution in [0.15, 0.2) is 0 Å². The third-order valence-electron chi connectivity index (χ3n) is 1.37. The maximum Gasteiger partial charge on any atom is 0.268 e. The van der Waals surface area contributed by atoms with Gasteiger partial charge in [-0.3, -0.25) is 8.74 Å². The molecule has 7 nitrogen and oxygen atoms in total. The van der Waals surface area contributed by atoms with E-state index in [2.05, 4.69) is 16.0 Å². The molecule has 0 aliphatic heterocycles. The maximum atomic E-state index is 10.6. The van der Waals surface area contributed by atoms with Crippen molar-refractivity contribution in [2.75, 3.05) is 25.2 Å². The lowest BCUT2D eigenvalue weighted by Gasteiger charge is -2.10. The van der Waals surface area contributed by atoms with Crippen LogP contribution in [0.4, 0.5) is 0 Å². The molecular formula is C8H14O7S2. The largest absolute Gasteiger partial charge is 0.362 e. The third kappa shape index (κ3) is 11.6. The van der Waals surface area contributed by atoms with Crippen LogP contribution >= 0.6 is 0 Å². The highest BCUT2D eigenvalue weighted by Gasteiger charge is 2.15. The Hall–Kier alpha value is -0.660. The average Bonchev–Trinajstić information content (AvgIpc) is 2.08. The van der Waals surface area contributed by atoms with Crippen LogP contribution in [0.1, 0.15) is 6.92 Å². The summed E-state index contributed by atoms with van der Waals surface area (Å²) in [6.45, 7) is 1.08. The highest BCUT2D eigenvalue weighted by Crippen LogP contribution is 1.97. The van der Waals surface area contributed by atoms with Crippen molar-refractivity contribution in [1.82, 2.24) is 0 Å². The van der Waals surface area contributed by atoms with Crippen LogP contribution < -0.4 is 0 Å². The molecule has 1 unspecified atom stereocenters. The van der Waals surface area contributed by atoms with E-state index in [0.29, 0.717) is 0 Å². The average molecular weight is 286 g/mol. The minimum absolute atomic E-state index is 0.151. The van der Waals surface area contributed by atoms with Gasteiger partial charge in [0.25, 0.3) is 20.2 Å². The molecule has 100 valence electrons.